The van der Waals surface area contributed by atoms with Crippen molar-refractivity contribution in [3.05, 3.63) is 88.3 Å². The molecule has 1 aromatic heterocycles. The topological polar surface area (TPSA) is 78.2 Å². The van der Waals surface area contributed by atoms with Gasteiger partial charge in [-0.25, -0.2) is 5.01 Å². The van der Waals surface area contributed by atoms with Crippen LogP contribution in [0, 0.1) is 6.92 Å². The van der Waals surface area contributed by atoms with Gasteiger partial charge in [0.05, 0.1) is 24.1 Å². The summed E-state index contributed by atoms with van der Waals surface area (Å²) in [6.45, 7) is 1.97. The minimum atomic E-state index is -0.340. The molecule has 1 unspecified atom stereocenters. The summed E-state index contributed by atoms with van der Waals surface area (Å²) in [5.74, 6) is 0.234. The average Bonchev–Trinajstić information content (AvgIpc) is 3.47. The second-order valence-corrected chi connectivity index (χ2v) is 8.57. The number of aryl methyl sites for hydroxylation is 1. The van der Waals surface area contributed by atoms with Gasteiger partial charge < -0.3 is 14.6 Å². The molecule has 3 aromatic rings. The van der Waals surface area contributed by atoms with Gasteiger partial charge in [0.25, 0.3) is 11.8 Å². The first-order valence-corrected chi connectivity index (χ1v) is 11.0. The quantitative estimate of drug-likeness (QED) is 0.572. The Morgan fingerprint density at radius 2 is 1.94 bits per heavy atom. The van der Waals surface area contributed by atoms with Crippen LogP contribution in [0.3, 0.4) is 0 Å². The number of benzene rings is 2. The Morgan fingerprint density at radius 3 is 2.61 bits per heavy atom. The third kappa shape index (κ3) is 4.93. The monoisotopic (exact) mass is 464 g/mol. The fraction of sp³-hybridized carbons (Fsp3) is 0.240. The molecule has 1 aliphatic rings. The van der Waals surface area contributed by atoms with Gasteiger partial charge in [-0.1, -0.05) is 41.4 Å². The van der Waals surface area contributed by atoms with Crippen LogP contribution in [0.15, 0.2) is 70.4 Å². The van der Waals surface area contributed by atoms with E-state index < -0.39 is 0 Å². The van der Waals surface area contributed by atoms with Crippen LogP contribution in [-0.2, 0) is 4.79 Å². The van der Waals surface area contributed by atoms with Crippen molar-refractivity contribution in [3.8, 4) is 0 Å². The molecule has 0 spiro atoms. The van der Waals surface area contributed by atoms with Crippen molar-refractivity contribution in [2.75, 3.05) is 26.0 Å². The number of hydrogen-bond acceptors (Lipinski definition) is 5. The number of furan rings is 1. The number of rotatable bonds is 6. The summed E-state index contributed by atoms with van der Waals surface area (Å²) in [6.07, 6.45) is 2.13. The molecule has 0 saturated carbocycles. The van der Waals surface area contributed by atoms with Gasteiger partial charge in [-0.2, -0.15) is 5.10 Å². The number of amides is 2. The highest BCUT2D eigenvalue weighted by Crippen LogP contribution is 2.33. The van der Waals surface area contributed by atoms with E-state index in [2.05, 4.69) is 10.4 Å². The highest BCUT2D eigenvalue weighted by Gasteiger charge is 2.34. The number of hydrazone groups is 1. The molecule has 0 aliphatic carbocycles. The molecule has 4 rings (SSSR count). The van der Waals surface area contributed by atoms with E-state index >= 15 is 0 Å². The summed E-state index contributed by atoms with van der Waals surface area (Å²) in [4.78, 5) is 27.2. The first-order valence-electron chi connectivity index (χ1n) is 10.6. The first-order chi connectivity index (χ1) is 15.8. The van der Waals surface area contributed by atoms with E-state index in [1.54, 1.807) is 44.6 Å². The van der Waals surface area contributed by atoms with Gasteiger partial charge >= 0.3 is 0 Å². The third-order valence-electron chi connectivity index (χ3n) is 5.47. The summed E-state index contributed by atoms with van der Waals surface area (Å²) in [5, 5.41) is 9.64. The van der Waals surface area contributed by atoms with Crippen LogP contribution < -0.4 is 5.32 Å². The molecule has 0 saturated heterocycles. The Labute approximate surface area is 197 Å². The van der Waals surface area contributed by atoms with E-state index in [1.165, 1.54) is 9.91 Å². The highest BCUT2D eigenvalue weighted by molar-refractivity contribution is 6.31. The van der Waals surface area contributed by atoms with Crippen molar-refractivity contribution in [1.82, 2.24) is 9.91 Å². The number of carbonyl (C=O) groups excluding carboxylic acids is 2. The van der Waals surface area contributed by atoms with Gasteiger partial charge in [-0.05, 0) is 42.8 Å². The Kier molecular flexibility index (Phi) is 6.51. The second kappa shape index (κ2) is 9.50. The number of carbonyl (C=O) groups is 2. The molecule has 0 bridgehead atoms. The van der Waals surface area contributed by atoms with E-state index in [0.29, 0.717) is 28.5 Å². The van der Waals surface area contributed by atoms with Crippen molar-refractivity contribution >= 4 is 34.8 Å². The predicted molar refractivity (Wildman–Crippen MR) is 129 cm³/mol. The second-order valence-electron chi connectivity index (χ2n) is 8.13. The molecule has 1 atom stereocenters. The predicted octanol–water partition coefficient (Wildman–Crippen LogP) is 4.73. The van der Waals surface area contributed by atoms with Crippen molar-refractivity contribution in [3.63, 3.8) is 0 Å². The van der Waals surface area contributed by atoms with Crippen LogP contribution in [0.4, 0.5) is 5.69 Å². The molecule has 8 heteroatoms. The normalized spacial score (nSPS) is 15.3. The molecule has 2 amide bonds. The molecule has 0 radical (unpaired) electrons. The summed E-state index contributed by atoms with van der Waals surface area (Å²) in [7, 11) is 3.34. The molecular formula is C25H25ClN4O3. The van der Waals surface area contributed by atoms with Crippen LogP contribution in [0.5, 0.6) is 0 Å². The van der Waals surface area contributed by atoms with Crippen LogP contribution in [-0.4, -0.2) is 48.1 Å². The van der Waals surface area contributed by atoms with Crippen LogP contribution in [0.25, 0.3) is 0 Å². The van der Waals surface area contributed by atoms with Gasteiger partial charge in [0, 0.05) is 31.2 Å². The van der Waals surface area contributed by atoms with Crippen LogP contribution in [0.1, 0.15) is 39.7 Å². The van der Waals surface area contributed by atoms with Crippen LogP contribution >= 0.6 is 11.6 Å². The zero-order chi connectivity index (χ0) is 23.5. The molecule has 33 heavy (non-hydrogen) atoms. The third-order valence-corrected chi connectivity index (χ3v) is 5.71. The minimum absolute atomic E-state index is 0.0596. The number of hydrogen-bond donors (Lipinski definition) is 1. The molecule has 170 valence electrons. The lowest BCUT2D eigenvalue weighted by Crippen LogP contribution is -2.32. The van der Waals surface area contributed by atoms with Gasteiger partial charge in [-0.3, -0.25) is 9.59 Å². The molecule has 1 aliphatic heterocycles. The van der Waals surface area contributed by atoms with Gasteiger partial charge in [0.2, 0.25) is 0 Å². The number of halogens is 1. The Morgan fingerprint density at radius 1 is 1.18 bits per heavy atom. The van der Waals surface area contributed by atoms with E-state index in [4.69, 9.17) is 16.0 Å². The Hall–Kier alpha value is -3.58. The van der Waals surface area contributed by atoms with E-state index in [-0.39, 0.29) is 24.4 Å². The zero-order valence-corrected chi connectivity index (χ0v) is 19.5. The molecular weight excluding hydrogens is 440 g/mol. The van der Waals surface area contributed by atoms with Crippen molar-refractivity contribution in [1.29, 1.82) is 0 Å². The van der Waals surface area contributed by atoms with Gasteiger partial charge in [0.15, 0.2) is 0 Å². The largest absolute Gasteiger partial charge is 0.467 e. The smallest absolute Gasteiger partial charge is 0.262 e. The first kappa shape index (κ1) is 22.6. The SMILES string of the molecule is Cc1ccc(C2=NN(C(=O)CNc3cc(Cl)ccc3C(=O)N(C)C)C(c3ccco3)C2)cc1. The van der Waals surface area contributed by atoms with Crippen LogP contribution in [0.2, 0.25) is 5.02 Å². The Bertz CT molecular complexity index is 1190. The molecule has 2 heterocycles. The summed E-state index contributed by atoms with van der Waals surface area (Å²) in [6, 6.07) is 16.3. The molecule has 2 aromatic carbocycles. The summed E-state index contributed by atoms with van der Waals surface area (Å²) >= 11 is 6.14. The summed E-state index contributed by atoms with van der Waals surface area (Å²) < 4.78 is 5.60. The fourth-order valence-electron chi connectivity index (χ4n) is 3.71. The maximum atomic E-state index is 13.2. The minimum Gasteiger partial charge on any atom is -0.467 e. The maximum absolute atomic E-state index is 13.2. The van der Waals surface area contributed by atoms with Crippen molar-refractivity contribution < 1.29 is 14.0 Å². The molecule has 7 nitrogen and oxygen atoms in total. The van der Waals surface area contributed by atoms with Crippen molar-refractivity contribution in [2.24, 2.45) is 5.10 Å². The molecule has 1 N–H and O–H groups in total. The summed E-state index contributed by atoms with van der Waals surface area (Å²) in [5.41, 5.74) is 3.86. The standard InChI is InChI=1S/C25H25ClN4O3/c1-16-6-8-17(9-7-16)20-14-22(23-5-4-12-33-23)30(28-20)24(31)15-27-21-13-18(26)10-11-19(21)25(32)29(2)3/h4-13,22,27H,14-15H2,1-3H3. The lowest BCUT2D eigenvalue weighted by Gasteiger charge is -2.21. The lowest BCUT2D eigenvalue weighted by molar-refractivity contribution is -0.131. The van der Waals surface area contributed by atoms with Gasteiger partial charge in [-0.15, -0.1) is 0 Å². The number of anilines is 1. The van der Waals surface area contributed by atoms with Crippen molar-refractivity contribution in [2.45, 2.75) is 19.4 Å². The zero-order valence-electron chi connectivity index (χ0n) is 18.7. The average molecular weight is 465 g/mol. The number of nitrogens with one attached hydrogen (secondary N) is 1. The Balaban J connectivity index is 1.57. The van der Waals surface area contributed by atoms with E-state index in [0.717, 1.165) is 16.8 Å². The fourth-order valence-corrected chi connectivity index (χ4v) is 3.88. The lowest BCUT2D eigenvalue weighted by atomic mass is 10.0. The highest BCUT2D eigenvalue weighted by atomic mass is 35.5. The van der Waals surface area contributed by atoms with E-state index in [9.17, 15) is 9.59 Å². The van der Waals surface area contributed by atoms with E-state index in [1.807, 2.05) is 37.3 Å². The number of nitrogens with zero attached hydrogens (tertiary/aromatic N) is 3. The molecule has 0 fully saturated rings. The van der Waals surface area contributed by atoms with Gasteiger partial charge in [0.1, 0.15) is 11.8 Å². The maximum Gasteiger partial charge on any atom is 0.262 e.